The van der Waals surface area contributed by atoms with Crippen molar-refractivity contribution in [3.05, 3.63) is 52.2 Å². The second-order valence-electron chi connectivity index (χ2n) is 8.00. The zero-order valence-electron chi connectivity index (χ0n) is 17.4. The number of aryl methyl sites for hydroxylation is 1. The average molecular weight is 406 g/mol. The Morgan fingerprint density at radius 3 is 2.80 bits per heavy atom. The molecule has 0 spiro atoms. The van der Waals surface area contributed by atoms with Crippen LogP contribution in [0.25, 0.3) is 5.57 Å². The van der Waals surface area contributed by atoms with Crippen LogP contribution in [0, 0.1) is 6.92 Å². The highest BCUT2D eigenvalue weighted by atomic mass is 16.5. The summed E-state index contributed by atoms with van der Waals surface area (Å²) in [6.07, 6.45) is 2.16. The van der Waals surface area contributed by atoms with E-state index in [1.54, 1.807) is 0 Å². The Balaban J connectivity index is 1.49. The molecule has 3 aliphatic heterocycles. The van der Waals surface area contributed by atoms with Gasteiger partial charge in [-0.25, -0.2) is 4.98 Å². The summed E-state index contributed by atoms with van der Waals surface area (Å²) in [5, 5.41) is 6.53. The van der Waals surface area contributed by atoms with Crippen molar-refractivity contribution >= 4 is 28.7 Å². The molecule has 2 aromatic rings. The third-order valence-electron chi connectivity index (χ3n) is 5.93. The van der Waals surface area contributed by atoms with Crippen molar-refractivity contribution in [1.29, 1.82) is 0 Å². The molecule has 30 heavy (non-hydrogen) atoms. The first kappa shape index (κ1) is 19.1. The summed E-state index contributed by atoms with van der Waals surface area (Å²) >= 11 is 0. The number of pyridine rings is 1. The highest BCUT2D eigenvalue weighted by Gasteiger charge is 2.25. The SMILES string of the molecule is CC1=CCNc2c(C)cc(NC(=O)c3cc4c(nc3N3CCOCC3)COC4)cc21. The quantitative estimate of drug-likeness (QED) is 0.814. The number of carbonyl (C=O) groups is 1. The number of morpholine rings is 1. The molecule has 7 nitrogen and oxygen atoms in total. The number of fused-ring (bicyclic) bond motifs is 2. The lowest BCUT2D eigenvalue weighted by Gasteiger charge is -2.29. The normalized spacial score (nSPS) is 17.7. The van der Waals surface area contributed by atoms with E-state index < -0.39 is 0 Å². The highest BCUT2D eigenvalue weighted by Crippen LogP contribution is 2.34. The Bertz CT molecular complexity index is 1040. The Morgan fingerprint density at radius 1 is 1.13 bits per heavy atom. The van der Waals surface area contributed by atoms with E-state index in [1.165, 1.54) is 5.57 Å². The van der Waals surface area contributed by atoms with Gasteiger partial charge < -0.3 is 25.0 Å². The standard InChI is InChI=1S/C23H26N4O3/c1-14-3-4-24-21-15(2)9-17(11-18(14)21)25-23(28)19-10-16-12-30-13-20(16)26-22(19)27-5-7-29-8-6-27/h3,9-11,24H,4-8,12-13H2,1-2H3,(H,25,28). The molecule has 0 radical (unpaired) electrons. The summed E-state index contributed by atoms with van der Waals surface area (Å²) < 4.78 is 11.0. The number of nitrogens with one attached hydrogen (secondary N) is 2. The van der Waals surface area contributed by atoms with Crippen molar-refractivity contribution in [3.63, 3.8) is 0 Å². The molecule has 5 rings (SSSR count). The van der Waals surface area contributed by atoms with Crippen LogP contribution in [0.1, 0.15) is 39.7 Å². The van der Waals surface area contributed by atoms with Gasteiger partial charge in [0.25, 0.3) is 5.91 Å². The molecular formula is C23H26N4O3. The van der Waals surface area contributed by atoms with Crippen LogP contribution in [0.4, 0.5) is 17.2 Å². The van der Waals surface area contributed by atoms with Gasteiger partial charge in [-0.3, -0.25) is 4.79 Å². The third-order valence-corrected chi connectivity index (χ3v) is 5.93. The maximum atomic E-state index is 13.4. The van der Waals surface area contributed by atoms with Gasteiger partial charge >= 0.3 is 0 Å². The summed E-state index contributed by atoms with van der Waals surface area (Å²) in [6.45, 7) is 8.71. The Hall–Kier alpha value is -2.90. The van der Waals surface area contributed by atoms with E-state index in [-0.39, 0.29) is 5.91 Å². The summed E-state index contributed by atoms with van der Waals surface area (Å²) in [7, 11) is 0. The average Bonchev–Trinajstić information content (AvgIpc) is 3.22. The minimum atomic E-state index is -0.150. The monoisotopic (exact) mass is 406 g/mol. The summed E-state index contributed by atoms with van der Waals surface area (Å²) in [5.41, 5.74) is 7.88. The van der Waals surface area contributed by atoms with E-state index in [9.17, 15) is 4.79 Å². The predicted octanol–water partition coefficient (Wildman–Crippen LogP) is 3.34. The zero-order valence-corrected chi connectivity index (χ0v) is 17.4. The van der Waals surface area contributed by atoms with Gasteiger partial charge in [-0.05, 0) is 43.2 Å². The van der Waals surface area contributed by atoms with E-state index in [2.05, 4.69) is 35.5 Å². The number of rotatable bonds is 3. The van der Waals surface area contributed by atoms with Crippen molar-refractivity contribution in [1.82, 2.24) is 4.98 Å². The molecule has 1 saturated heterocycles. The van der Waals surface area contributed by atoms with Gasteiger partial charge in [0, 0.05) is 42.1 Å². The molecule has 1 amide bonds. The van der Waals surface area contributed by atoms with Crippen molar-refractivity contribution < 1.29 is 14.3 Å². The summed E-state index contributed by atoms with van der Waals surface area (Å²) in [4.78, 5) is 20.3. The van der Waals surface area contributed by atoms with Crippen LogP contribution in [0.3, 0.4) is 0 Å². The fourth-order valence-electron chi connectivity index (χ4n) is 4.29. The second kappa shape index (κ2) is 7.74. The zero-order chi connectivity index (χ0) is 20.7. The molecule has 1 aromatic heterocycles. The second-order valence-corrected chi connectivity index (χ2v) is 8.00. The first-order valence-electron chi connectivity index (χ1n) is 10.4. The number of aromatic nitrogens is 1. The number of nitrogens with zero attached hydrogens (tertiary/aromatic N) is 2. The lowest BCUT2D eigenvalue weighted by atomic mass is 9.97. The topological polar surface area (TPSA) is 75.7 Å². The van der Waals surface area contributed by atoms with Crippen molar-refractivity contribution in [3.8, 4) is 0 Å². The van der Waals surface area contributed by atoms with Gasteiger partial charge in [0.05, 0.1) is 37.7 Å². The maximum absolute atomic E-state index is 13.4. The fourth-order valence-corrected chi connectivity index (χ4v) is 4.29. The Morgan fingerprint density at radius 2 is 1.97 bits per heavy atom. The van der Waals surface area contributed by atoms with E-state index in [4.69, 9.17) is 14.5 Å². The molecule has 156 valence electrons. The smallest absolute Gasteiger partial charge is 0.259 e. The lowest BCUT2D eigenvalue weighted by Crippen LogP contribution is -2.38. The minimum absolute atomic E-state index is 0.150. The Kier molecular flexibility index (Phi) is 4.92. The van der Waals surface area contributed by atoms with Gasteiger partial charge in [0.1, 0.15) is 5.82 Å². The van der Waals surface area contributed by atoms with Gasteiger partial charge in [0.2, 0.25) is 0 Å². The molecule has 7 heteroatoms. The van der Waals surface area contributed by atoms with Crippen molar-refractivity contribution in [2.75, 3.05) is 48.4 Å². The molecule has 3 aliphatic rings. The first-order valence-corrected chi connectivity index (χ1v) is 10.4. The van der Waals surface area contributed by atoms with Crippen molar-refractivity contribution in [2.45, 2.75) is 27.1 Å². The largest absolute Gasteiger partial charge is 0.381 e. The molecule has 4 heterocycles. The fraction of sp³-hybridized carbons (Fsp3) is 0.391. The predicted molar refractivity (Wildman–Crippen MR) is 117 cm³/mol. The molecule has 1 aromatic carbocycles. The lowest BCUT2D eigenvalue weighted by molar-refractivity contribution is 0.102. The summed E-state index contributed by atoms with van der Waals surface area (Å²) in [5.74, 6) is 0.566. The van der Waals surface area contributed by atoms with Gasteiger partial charge in [-0.1, -0.05) is 6.08 Å². The molecular weight excluding hydrogens is 380 g/mol. The van der Waals surface area contributed by atoms with Crippen LogP contribution < -0.4 is 15.5 Å². The maximum Gasteiger partial charge on any atom is 0.259 e. The van der Waals surface area contributed by atoms with Crippen LogP contribution in [-0.4, -0.2) is 43.7 Å². The minimum Gasteiger partial charge on any atom is -0.381 e. The molecule has 0 unspecified atom stereocenters. The van der Waals surface area contributed by atoms with Gasteiger partial charge in [-0.2, -0.15) is 0 Å². The summed E-state index contributed by atoms with van der Waals surface area (Å²) in [6, 6.07) is 5.99. The van der Waals surface area contributed by atoms with Gasteiger partial charge in [0.15, 0.2) is 0 Å². The van der Waals surface area contributed by atoms with E-state index in [0.29, 0.717) is 37.8 Å². The molecule has 0 bridgehead atoms. The molecule has 2 N–H and O–H groups in total. The van der Waals surface area contributed by atoms with Crippen LogP contribution in [-0.2, 0) is 22.7 Å². The van der Waals surface area contributed by atoms with Crippen molar-refractivity contribution in [2.24, 2.45) is 0 Å². The number of hydrogen-bond donors (Lipinski definition) is 2. The van der Waals surface area contributed by atoms with E-state index in [1.807, 2.05) is 18.2 Å². The van der Waals surface area contributed by atoms with Crippen LogP contribution in [0.15, 0.2) is 24.3 Å². The van der Waals surface area contributed by atoms with E-state index >= 15 is 0 Å². The van der Waals surface area contributed by atoms with Crippen LogP contribution >= 0.6 is 0 Å². The number of amides is 1. The molecule has 0 atom stereocenters. The van der Waals surface area contributed by atoms with Crippen LogP contribution in [0.5, 0.6) is 0 Å². The molecule has 0 aliphatic carbocycles. The number of benzene rings is 1. The number of ether oxygens (including phenoxy) is 2. The number of allylic oxidation sites excluding steroid dienone is 1. The first-order chi connectivity index (χ1) is 14.6. The number of carbonyl (C=O) groups excluding carboxylic acids is 1. The molecule has 1 fully saturated rings. The van der Waals surface area contributed by atoms with Gasteiger partial charge in [-0.15, -0.1) is 0 Å². The number of anilines is 3. The van der Waals surface area contributed by atoms with E-state index in [0.717, 1.165) is 53.4 Å². The molecule has 0 saturated carbocycles. The van der Waals surface area contributed by atoms with Crippen LogP contribution in [0.2, 0.25) is 0 Å². The highest BCUT2D eigenvalue weighted by molar-refractivity contribution is 6.08. The number of hydrogen-bond acceptors (Lipinski definition) is 6. The Labute approximate surface area is 176 Å². The third kappa shape index (κ3) is 3.44.